The standard InChI is InChI=1S/C23H19N5O2S2/c1-3-12-28-21(15-8-4-6-10-19(15)30-2)26-27-23(28)31-14-18(29)16(13-24)22-25-17-9-5-7-11-20(17)32-22/h3-11,29H,1,12,14H2,2H3/b18-16-. The van der Waals surface area contributed by atoms with Gasteiger partial charge in [0.15, 0.2) is 11.0 Å². The third kappa shape index (κ3) is 4.23. The predicted octanol–water partition coefficient (Wildman–Crippen LogP) is 5.33. The zero-order valence-corrected chi connectivity index (χ0v) is 18.9. The summed E-state index contributed by atoms with van der Waals surface area (Å²) in [5.74, 6) is 1.43. The van der Waals surface area contributed by atoms with Crippen LogP contribution in [0.4, 0.5) is 0 Å². The lowest BCUT2D eigenvalue weighted by molar-refractivity contribution is 0.416. The van der Waals surface area contributed by atoms with Crippen LogP contribution in [0.15, 0.2) is 72.1 Å². The molecule has 4 rings (SSSR count). The summed E-state index contributed by atoms with van der Waals surface area (Å²) in [6.07, 6.45) is 1.75. The normalized spacial score (nSPS) is 11.8. The van der Waals surface area contributed by atoms with Crippen molar-refractivity contribution in [2.24, 2.45) is 0 Å². The summed E-state index contributed by atoms with van der Waals surface area (Å²) in [4.78, 5) is 4.48. The minimum absolute atomic E-state index is 0.0523. The number of thioether (sulfide) groups is 1. The number of ether oxygens (including phenoxy) is 1. The Balaban J connectivity index is 1.63. The topological polar surface area (TPSA) is 96.9 Å². The molecule has 7 nitrogen and oxygen atoms in total. The van der Waals surface area contributed by atoms with Crippen LogP contribution >= 0.6 is 23.1 Å². The van der Waals surface area contributed by atoms with Gasteiger partial charge in [-0.2, -0.15) is 5.26 Å². The minimum atomic E-state index is -0.0523. The molecule has 0 saturated heterocycles. The quantitative estimate of drug-likeness (QED) is 0.164. The van der Waals surface area contributed by atoms with E-state index in [0.717, 1.165) is 15.8 Å². The zero-order chi connectivity index (χ0) is 22.5. The van der Waals surface area contributed by atoms with Gasteiger partial charge in [0.2, 0.25) is 0 Å². The van der Waals surface area contributed by atoms with Gasteiger partial charge in [-0.3, -0.25) is 4.57 Å². The molecule has 160 valence electrons. The number of hydrogen-bond donors (Lipinski definition) is 1. The smallest absolute Gasteiger partial charge is 0.192 e. The summed E-state index contributed by atoms with van der Waals surface area (Å²) in [6.45, 7) is 4.31. The fourth-order valence-corrected chi connectivity index (χ4v) is 4.95. The summed E-state index contributed by atoms with van der Waals surface area (Å²) in [6, 6.07) is 17.3. The van der Waals surface area contributed by atoms with Crippen LogP contribution in [0.5, 0.6) is 5.75 Å². The van der Waals surface area contributed by atoms with Crippen molar-refractivity contribution in [1.82, 2.24) is 19.7 Å². The average molecular weight is 462 g/mol. The van der Waals surface area contributed by atoms with Crippen molar-refractivity contribution in [3.63, 3.8) is 0 Å². The number of hydrogen-bond acceptors (Lipinski definition) is 8. The highest BCUT2D eigenvalue weighted by atomic mass is 32.2. The van der Waals surface area contributed by atoms with E-state index in [-0.39, 0.29) is 17.1 Å². The van der Waals surface area contributed by atoms with Gasteiger partial charge < -0.3 is 9.84 Å². The number of methoxy groups -OCH3 is 1. The number of fused-ring (bicyclic) bond motifs is 1. The van der Waals surface area contributed by atoms with Gasteiger partial charge in [0.05, 0.1) is 28.6 Å². The third-order valence-corrected chi connectivity index (χ3v) is 6.65. The third-order valence-electron chi connectivity index (χ3n) is 4.62. The molecule has 0 aliphatic heterocycles. The highest BCUT2D eigenvalue weighted by molar-refractivity contribution is 7.99. The number of aliphatic hydroxyl groups is 1. The SMILES string of the molecule is C=CCn1c(SC/C(O)=C(\C#N)c2nc3ccccc3s2)nnc1-c1ccccc1OC. The van der Waals surface area contributed by atoms with Crippen LogP contribution in [0.3, 0.4) is 0 Å². The van der Waals surface area contributed by atoms with Crippen molar-refractivity contribution >= 4 is 38.9 Å². The molecule has 0 saturated carbocycles. The van der Waals surface area contributed by atoms with Crippen molar-refractivity contribution < 1.29 is 9.84 Å². The number of benzene rings is 2. The fourth-order valence-electron chi connectivity index (χ4n) is 3.14. The summed E-state index contributed by atoms with van der Waals surface area (Å²) >= 11 is 2.66. The Hall–Kier alpha value is -3.61. The highest BCUT2D eigenvalue weighted by Gasteiger charge is 2.19. The highest BCUT2D eigenvalue weighted by Crippen LogP contribution is 2.33. The number of nitriles is 1. The first-order valence-electron chi connectivity index (χ1n) is 9.64. The van der Waals surface area contributed by atoms with E-state index in [0.29, 0.717) is 28.3 Å². The van der Waals surface area contributed by atoms with Crippen molar-refractivity contribution in [2.45, 2.75) is 11.7 Å². The van der Waals surface area contributed by atoms with Crippen LogP contribution in [-0.2, 0) is 6.54 Å². The van der Waals surface area contributed by atoms with Crippen LogP contribution in [0.25, 0.3) is 27.2 Å². The number of aliphatic hydroxyl groups excluding tert-OH is 1. The molecule has 2 aromatic carbocycles. The Kier molecular flexibility index (Phi) is 6.54. The molecule has 1 N–H and O–H groups in total. The molecular weight excluding hydrogens is 442 g/mol. The number of nitrogens with zero attached hydrogens (tertiary/aromatic N) is 5. The molecule has 0 aliphatic carbocycles. The van der Waals surface area contributed by atoms with Gasteiger partial charge in [-0.15, -0.1) is 28.1 Å². The van der Waals surface area contributed by atoms with Gasteiger partial charge in [0.1, 0.15) is 28.2 Å². The largest absolute Gasteiger partial charge is 0.510 e. The monoisotopic (exact) mass is 461 g/mol. The fraction of sp³-hybridized carbons (Fsp3) is 0.130. The lowest BCUT2D eigenvalue weighted by Gasteiger charge is -2.10. The van der Waals surface area contributed by atoms with E-state index >= 15 is 0 Å². The Morgan fingerprint density at radius 2 is 2.03 bits per heavy atom. The number of aromatic nitrogens is 4. The van der Waals surface area contributed by atoms with E-state index < -0.39 is 0 Å². The maximum atomic E-state index is 10.7. The molecule has 0 bridgehead atoms. The molecule has 32 heavy (non-hydrogen) atoms. The van der Waals surface area contributed by atoms with Gasteiger partial charge in [-0.05, 0) is 24.3 Å². The molecule has 9 heteroatoms. The summed E-state index contributed by atoms with van der Waals surface area (Å²) in [5, 5.41) is 30.1. The van der Waals surface area contributed by atoms with Crippen LogP contribution in [0, 0.1) is 11.3 Å². The van der Waals surface area contributed by atoms with E-state index in [2.05, 4.69) is 27.8 Å². The van der Waals surface area contributed by atoms with Crippen LogP contribution in [0.1, 0.15) is 5.01 Å². The van der Waals surface area contributed by atoms with E-state index in [1.165, 1.54) is 23.1 Å². The van der Waals surface area contributed by atoms with Gasteiger partial charge >= 0.3 is 0 Å². The van der Waals surface area contributed by atoms with Crippen molar-refractivity contribution in [1.29, 1.82) is 5.26 Å². The predicted molar refractivity (Wildman–Crippen MR) is 128 cm³/mol. The lowest BCUT2D eigenvalue weighted by atomic mass is 10.2. The summed E-state index contributed by atoms with van der Waals surface area (Å²) < 4.78 is 8.31. The molecular formula is C23H19N5O2S2. The van der Waals surface area contributed by atoms with E-state index in [1.807, 2.05) is 53.1 Å². The van der Waals surface area contributed by atoms with Crippen LogP contribution in [0.2, 0.25) is 0 Å². The molecule has 0 fully saturated rings. The Morgan fingerprint density at radius 3 is 2.78 bits per heavy atom. The van der Waals surface area contributed by atoms with Crippen molar-refractivity contribution in [2.75, 3.05) is 12.9 Å². The van der Waals surface area contributed by atoms with Gasteiger partial charge in [-0.1, -0.05) is 42.1 Å². The Morgan fingerprint density at radius 1 is 1.25 bits per heavy atom. The van der Waals surface area contributed by atoms with E-state index in [9.17, 15) is 10.4 Å². The molecule has 0 radical (unpaired) electrons. The first-order valence-corrected chi connectivity index (χ1v) is 11.4. The number of rotatable bonds is 8. The Bertz CT molecular complexity index is 1320. The first-order chi connectivity index (χ1) is 15.7. The summed E-state index contributed by atoms with van der Waals surface area (Å²) in [5.41, 5.74) is 1.77. The molecule has 0 unspecified atom stereocenters. The second kappa shape index (κ2) is 9.68. The molecule has 0 atom stereocenters. The molecule has 0 aliphatic rings. The van der Waals surface area contributed by atoms with Gasteiger partial charge in [0.25, 0.3) is 0 Å². The maximum Gasteiger partial charge on any atom is 0.192 e. The maximum absolute atomic E-state index is 10.7. The second-order valence-corrected chi connectivity index (χ2v) is 8.59. The first kappa shape index (κ1) is 21.6. The van der Waals surface area contributed by atoms with Crippen molar-refractivity contribution in [3.05, 3.63) is 72.0 Å². The molecule has 0 amide bonds. The van der Waals surface area contributed by atoms with E-state index in [4.69, 9.17) is 4.74 Å². The summed E-state index contributed by atoms with van der Waals surface area (Å²) in [7, 11) is 1.61. The second-order valence-electron chi connectivity index (χ2n) is 6.61. The minimum Gasteiger partial charge on any atom is -0.510 e. The van der Waals surface area contributed by atoms with Gasteiger partial charge in [0, 0.05) is 6.54 Å². The molecule has 2 aromatic heterocycles. The lowest BCUT2D eigenvalue weighted by Crippen LogP contribution is -2.02. The van der Waals surface area contributed by atoms with Crippen LogP contribution < -0.4 is 4.74 Å². The molecule has 0 spiro atoms. The van der Waals surface area contributed by atoms with Gasteiger partial charge in [-0.25, -0.2) is 4.98 Å². The zero-order valence-electron chi connectivity index (χ0n) is 17.2. The Labute approximate surface area is 193 Å². The number of thiazole rings is 1. The average Bonchev–Trinajstić information content (AvgIpc) is 3.42. The van der Waals surface area contributed by atoms with Crippen LogP contribution in [-0.4, -0.2) is 37.7 Å². The molecule has 4 aromatic rings. The van der Waals surface area contributed by atoms with E-state index in [1.54, 1.807) is 13.2 Å². The molecule has 2 heterocycles. The number of para-hydroxylation sites is 2. The number of allylic oxidation sites excluding steroid dienone is 2. The van der Waals surface area contributed by atoms with Crippen molar-refractivity contribution in [3.8, 4) is 23.2 Å².